The maximum absolute atomic E-state index is 13.3. The van der Waals surface area contributed by atoms with Crippen molar-refractivity contribution in [2.75, 3.05) is 17.4 Å². The van der Waals surface area contributed by atoms with Crippen molar-refractivity contribution in [1.82, 2.24) is 5.32 Å². The SMILES string of the molecule is Cc1cc(C)cc(N(CC(=O)NCC2CCCCC2)S(=O)(=O)c2ccccc2)c1. The van der Waals surface area contributed by atoms with E-state index < -0.39 is 10.0 Å². The van der Waals surface area contributed by atoms with E-state index in [2.05, 4.69) is 5.32 Å². The molecule has 0 heterocycles. The lowest BCUT2D eigenvalue weighted by molar-refractivity contribution is -0.119. The Bertz CT molecular complexity index is 916. The third-order valence-corrected chi connectivity index (χ3v) is 7.21. The van der Waals surface area contributed by atoms with Crippen LogP contribution >= 0.6 is 0 Å². The molecule has 29 heavy (non-hydrogen) atoms. The molecule has 5 nitrogen and oxygen atoms in total. The van der Waals surface area contributed by atoms with E-state index >= 15 is 0 Å². The highest BCUT2D eigenvalue weighted by Crippen LogP contribution is 2.26. The number of rotatable bonds is 7. The summed E-state index contributed by atoms with van der Waals surface area (Å²) in [6.07, 6.45) is 5.93. The maximum atomic E-state index is 13.3. The Kier molecular flexibility index (Phi) is 6.96. The Morgan fingerprint density at radius 2 is 1.62 bits per heavy atom. The molecule has 0 bridgehead atoms. The highest BCUT2D eigenvalue weighted by atomic mass is 32.2. The van der Waals surface area contributed by atoms with Gasteiger partial charge in [0.1, 0.15) is 6.54 Å². The van der Waals surface area contributed by atoms with Crippen molar-refractivity contribution in [3.05, 3.63) is 59.7 Å². The van der Waals surface area contributed by atoms with Gasteiger partial charge in [-0.3, -0.25) is 9.10 Å². The van der Waals surface area contributed by atoms with Crippen molar-refractivity contribution in [1.29, 1.82) is 0 Å². The van der Waals surface area contributed by atoms with Crippen molar-refractivity contribution in [2.24, 2.45) is 5.92 Å². The minimum atomic E-state index is -3.85. The summed E-state index contributed by atoms with van der Waals surface area (Å²) in [6, 6.07) is 13.9. The summed E-state index contributed by atoms with van der Waals surface area (Å²) in [5.74, 6) is 0.224. The largest absolute Gasteiger partial charge is 0.354 e. The molecule has 6 heteroatoms. The van der Waals surface area contributed by atoms with Crippen LogP contribution < -0.4 is 9.62 Å². The number of carbonyl (C=O) groups excluding carboxylic acids is 1. The van der Waals surface area contributed by atoms with Gasteiger partial charge in [-0.05, 0) is 68.0 Å². The van der Waals surface area contributed by atoms with Crippen molar-refractivity contribution >= 4 is 21.6 Å². The molecule has 0 unspecified atom stereocenters. The molecule has 0 aliphatic heterocycles. The van der Waals surface area contributed by atoms with Gasteiger partial charge in [0.25, 0.3) is 10.0 Å². The molecule has 0 saturated heterocycles. The number of hydrogen-bond acceptors (Lipinski definition) is 3. The van der Waals surface area contributed by atoms with Crippen molar-refractivity contribution in [2.45, 2.75) is 50.8 Å². The molecule has 0 atom stereocenters. The van der Waals surface area contributed by atoms with Crippen molar-refractivity contribution in [3.63, 3.8) is 0 Å². The Balaban J connectivity index is 1.83. The van der Waals surface area contributed by atoms with Crippen molar-refractivity contribution in [3.8, 4) is 0 Å². The lowest BCUT2D eigenvalue weighted by atomic mass is 9.89. The zero-order chi connectivity index (χ0) is 20.9. The molecule has 1 saturated carbocycles. The average molecular weight is 415 g/mol. The first kappa shape index (κ1) is 21.4. The van der Waals surface area contributed by atoms with E-state index in [1.54, 1.807) is 30.3 Å². The number of nitrogens with one attached hydrogen (secondary N) is 1. The van der Waals surface area contributed by atoms with Gasteiger partial charge in [0.2, 0.25) is 5.91 Å². The Morgan fingerprint density at radius 1 is 1.00 bits per heavy atom. The summed E-state index contributed by atoms with van der Waals surface area (Å²) >= 11 is 0. The summed E-state index contributed by atoms with van der Waals surface area (Å²) in [6.45, 7) is 4.23. The zero-order valence-electron chi connectivity index (χ0n) is 17.2. The first-order chi connectivity index (χ1) is 13.9. The lowest BCUT2D eigenvalue weighted by Gasteiger charge is -2.26. The van der Waals surface area contributed by atoms with Crippen LogP contribution in [-0.4, -0.2) is 27.4 Å². The summed E-state index contributed by atoms with van der Waals surface area (Å²) in [5.41, 5.74) is 2.42. The zero-order valence-corrected chi connectivity index (χ0v) is 18.0. The molecule has 1 fully saturated rings. The second kappa shape index (κ2) is 9.44. The third-order valence-electron chi connectivity index (χ3n) is 5.43. The summed E-state index contributed by atoms with van der Waals surface area (Å²) < 4.78 is 27.9. The molecule has 1 amide bonds. The molecule has 1 aliphatic carbocycles. The second-order valence-electron chi connectivity index (χ2n) is 7.98. The molecule has 0 spiro atoms. The minimum Gasteiger partial charge on any atom is -0.354 e. The smallest absolute Gasteiger partial charge is 0.264 e. The fourth-order valence-corrected chi connectivity index (χ4v) is 5.39. The first-order valence-electron chi connectivity index (χ1n) is 10.3. The quantitative estimate of drug-likeness (QED) is 0.739. The molecule has 1 aliphatic rings. The number of nitrogens with zero attached hydrogens (tertiary/aromatic N) is 1. The van der Waals surface area contributed by atoms with Crippen LogP contribution in [0.1, 0.15) is 43.2 Å². The van der Waals surface area contributed by atoms with Crippen LogP contribution in [0, 0.1) is 19.8 Å². The highest BCUT2D eigenvalue weighted by molar-refractivity contribution is 7.92. The predicted octanol–water partition coefficient (Wildman–Crippen LogP) is 4.20. The van der Waals surface area contributed by atoms with Gasteiger partial charge in [0.05, 0.1) is 10.6 Å². The average Bonchev–Trinajstić information content (AvgIpc) is 2.71. The van der Waals surface area contributed by atoms with Crippen LogP contribution in [0.5, 0.6) is 0 Å². The second-order valence-corrected chi connectivity index (χ2v) is 9.84. The van der Waals surface area contributed by atoms with E-state index in [0.29, 0.717) is 18.2 Å². The highest BCUT2D eigenvalue weighted by Gasteiger charge is 2.27. The molecule has 0 aromatic heterocycles. The summed E-state index contributed by atoms with van der Waals surface area (Å²) in [7, 11) is -3.85. The maximum Gasteiger partial charge on any atom is 0.264 e. The monoisotopic (exact) mass is 414 g/mol. The Labute approximate surface area is 174 Å². The molecule has 156 valence electrons. The topological polar surface area (TPSA) is 66.5 Å². The fourth-order valence-electron chi connectivity index (χ4n) is 3.97. The Hall–Kier alpha value is -2.34. The molecular formula is C23H30N2O3S. The van der Waals surface area contributed by atoms with Gasteiger partial charge < -0.3 is 5.32 Å². The van der Waals surface area contributed by atoms with Crippen LogP contribution in [0.15, 0.2) is 53.4 Å². The molecule has 2 aromatic carbocycles. The van der Waals surface area contributed by atoms with E-state index in [-0.39, 0.29) is 17.3 Å². The van der Waals surface area contributed by atoms with Gasteiger partial charge in [-0.1, -0.05) is 43.5 Å². The Morgan fingerprint density at radius 3 is 2.24 bits per heavy atom. The number of hydrogen-bond donors (Lipinski definition) is 1. The standard InChI is InChI=1S/C23H30N2O3S/c1-18-13-19(2)15-21(14-18)25(29(27,28)22-11-7-4-8-12-22)17-23(26)24-16-20-9-5-3-6-10-20/h4,7-8,11-15,20H,3,5-6,9-10,16-17H2,1-2H3,(H,24,26). The van der Waals surface area contributed by atoms with E-state index in [0.717, 1.165) is 24.0 Å². The van der Waals surface area contributed by atoms with Gasteiger partial charge in [-0.2, -0.15) is 0 Å². The number of aryl methyl sites for hydroxylation is 2. The lowest BCUT2D eigenvalue weighted by Crippen LogP contribution is -2.42. The van der Waals surface area contributed by atoms with E-state index in [1.807, 2.05) is 32.0 Å². The molecule has 1 N–H and O–H groups in total. The van der Waals surface area contributed by atoms with Crippen LogP contribution in [0.2, 0.25) is 0 Å². The molecule has 3 rings (SSSR count). The summed E-state index contributed by atoms with van der Waals surface area (Å²) in [4.78, 5) is 12.9. The van der Waals surface area contributed by atoms with Crippen molar-refractivity contribution < 1.29 is 13.2 Å². The summed E-state index contributed by atoms with van der Waals surface area (Å²) in [5, 5.41) is 2.96. The number of anilines is 1. The first-order valence-corrected chi connectivity index (χ1v) is 11.7. The number of amides is 1. The molecule has 2 aromatic rings. The van der Waals surface area contributed by atoms with Crippen LogP contribution in [0.4, 0.5) is 5.69 Å². The normalized spacial score (nSPS) is 15.1. The number of carbonyl (C=O) groups is 1. The third kappa shape index (κ3) is 5.60. The van der Waals surface area contributed by atoms with E-state index in [1.165, 1.54) is 23.6 Å². The number of sulfonamides is 1. The van der Waals surface area contributed by atoms with Crippen LogP contribution in [-0.2, 0) is 14.8 Å². The number of benzene rings is 2. The van der Waals surface area contributed by atoms with Gasteiger partial charge in [0.15, 0.2) is 0 Å². The van der Waals surface area contributed by atoms with E-state index in [9.17, 15) is 13.2 Å². The van der Waals surface area contributed by atoms with Gasteiger partial charge in [0, 0.05) is 6.54 Å². The molecular weight excluding hydrogens is 384 g/mol. The molecule has 0 radical (unpaired) electrons. The fraction of sp³-hybridized carbons (Fsp3) is 0.435. The van der Waals surface area contributed by atoms with Gasteiger partial charge >= 0.3 is 0 Å². The van der Waals surface area contributed by atoms with Gasteiger partial charge in [-0.25, -0.2) is 8.42 Å². The van der Waals surface area contributed by atoms with Crippen LogP contribution in [0.3, 0.4) is 0 Å². The van der Waals surface area contributed by atoms with Gasteiger partial charge in [-0.15, -0.1) is 0 Å². The van der Waals surface area contributed by atoms with E-state index in [4.69, 9.17) is 0 Å². The van der Waals surface area contributed by atoms with Crippen LogP contribution in [0.25, 0.3) is 0 Å². The predicted molar refractivity (Wildman–Crippen MR) is 116 cm³/mol. The minimum absolute atomic E-state index is 0.180.